The van der Waals surface area contributed by atoms with Crippen LogP contribution in [0.5, 0.6) is 0 Å². The zero-order chi connectivity index (χ0) is 16.6. The van der Waals surface area contributed by atoms with E-state index in [1.807, 2.05) is 12.1 Å². The first-order chi connectivity index (χ1) is 11.0. The second-order valence-corrected chi connectivity index (χ2v) is 6.44. The van der Waals surface area contributed by atoms with Crippen molar-refractivity contribution in [1.29, 1.82) is 5.41 Å². The van der Waals surface area contributed by atoms with Crippen molar-refractivity contribution in [2.24, 2.45) is 0 Å². The fraction of sp³-hybridized carbons (Fsp3) is 0.286. The molecule has 0 bridgehead atoms. The smallest absolute Gasteiger partial charge is 0.0481 e. The Morgan fingerprint density at radius 1 is 1.09 bits per heavy atom. The molecule has 0 unspecified atom stereocenters. The number of nitrogens with zero attached hydrogens (tertiary/aromatic N) is 1. The molecule has 1 N–H and O–H groups in total. The van der Waals surface area contributed by atoms with Gasteiger partial charge >= 0.3 is 0 Å². The van der Waals surface area contributed by atoms with Gasteiger partial charge in [-0.15, -0.1) is 0 Å². The van der Waals surface area contributed by atoms with E-state index in [0.29, 0.717) is 0 Å². The van der Waals surface area contributed by atoms with Crippen LogP contribution < -0.4 is 4.90 Å². The zero-order valence-corrected chi connectivity index (χ0v) is 14.4. The lowest BCUT2D eigenvalue weighted by Gasteiger charge is -2.29. The SMILES string of the molecule is Cc1cc(C)c(C)c(CN2C=CCc3c(C=N)cccc32)c1C. The van der Waals surface area contributed by atoms with Crippen molar-refractivity contribution in [3.63, 3.8) is 0 Å². The van der Waals surface area contributed by atoms with Crippen molar-refractivity contribution in [3.05, 3.63) is 75.5 Å². The molecule has 0 aromatic heterocycles. The zero-order valence-electron chi connectivity index (χ0n) is 14.4. The summed E-state index contributed by atoms with van der Waals surface area (Å²) in [4.78, 5) is 2.32. The Kier molecular flexibility index (Phi) is 4.08. The molecule has 1 aliphatic heterocycles. The van der Waals surface area contributed by atoms with E-state index in [1.54, 1.807) is 0 Å². The molecule has 0 atom stereocenters. The molecule has 23 heavy (non-hydrogen) atoms. The van der Waals surface area contributed by atoms with Crippen LogP contribution in [0.2, 0.25) is 0 Å². The first-order valence-corrected chi connectivity index (χ1v) is 8.15. The molecular weight excluding hydrogens is 280 g/mol. The molecule has 2 nitrogen and oxygen atoms in total. The van der Waals surface area contributed by atoms with Crippen LogP contribution in [0.4, 0.5) is 5.69 Å². The second kappa shape index (κ2) is 6.04. The van der Waals surface area contributed by atoms with Crippen LogP contribution >= 0.6 is 0 Å². The standard InChI is InChI=1S/C21H24N2/c1-14-11-15(2)17(4)20(16(14)3)13-23-10-6-8-19-18(12-22)7-5-9-21(19)23/h5-7,9-12,22H,8,13H2,1-4H3. The van der Waals surface area contributed by atoms with Crippen molar-refractivity contribution in [1.82, 2.24) is 0 Å². The van der Waals surface area contributed by atoms with Gasteiger partial charge in [0, 0.05) is 24.6 Å². The van der Waals surface area contributed by atoms with Crippen molar-refractivity contribution in [3.8, 4) is 0 Å². The average molecular weight is 304 g/mol. The Labute approximate surface area is 139 Å². The van der Waals surface area contributed by atoms with E-state index in [0.717, 1.165) is 18.5 Å². The molecule has 0 spiro atoms. The van der Waals surface area contributed by atoms with Crippen LogP contribution in [0.3, 0.4) is 0 Å². The van der Waals surface area contributed by atoms with Crippen molar-refractivity contribution < 1.29 is 0 Å². The number of allylic oxidation sites excluding steroid dienone is 1. The van der Waals surface area contributed by atoms with Crippen molar-refractivity contribution in [2.75, 3.05) is 4.90 Å². The normalized spacial score (nSPS) is 13.1. The minimum Gasteiger partial charge on any atom is -0.344 e. The Bertz CT molecular complexity index is 774. The molecule has 118 valence electrons. The molecule has 0 saturated carbocycles. The quantitative estimate of drug-likeness (QED) is 0.794. The predicted molar refractivity (Wildman–Crippen MR) is 98.7 cm³/mol. The predicted octanol–water partition coefficient (Wildman–Crippen LogP) is 4.99. The maximum atomic E-state index is 7.63. The van der Waals surface area contributed by atoms with E-state index in [-0.39, 0.29) is 0 Å². The van der Waals surface area contributed by atoms with E-state index in [4.69, 9.17) is 5.41 Å². The fourth-order valence-electron chi connectivity index (χ4n) is 3.44. The maximum absolute atomic E-state index is 7.63. The highest BCUT2D eigenvalue weighted by Crippen LogP contribution is 2.31. The van der Waals surface area contributed by atoms with E-state index >= 15 is 0 Å². The average Bonchev–Trinajstić information content (AvgIpc) is 2.56. The van der Waals surface area contributed by atoms with Gasteiger partial charge in [0.2, 0.25) is 0 Å². The number of hydrogen-bond donors (Lipinski definition) is 1. The number of aryl methyl sites for hydroxylation is 2. The third-order valence-corrected chi connectivity index (χ3v) is 5.11. The molecule has 0 radical (unpaired) electrons. The van der Waals surface area contributed by atoms with Crippen LogP contribution in [-0.2, 0) is 13.0 Å². The van der Waals surface area contributed by atoms with E-state index in [2.05, 4.69) is 57.0 Å². The highest BCUT2D eigenvalue weighted by Gasteiger charge is 2.18. The number of anilines is 1. The van der Waals surface area contributed by atoms with Gasteiger partial charge in [-0.2, -0.15) is 0 Å². The van der Waals surface area contributed by atoms with Gasteiger partial charge in [-0.05, 0) is 79.1 Å². The lowest BCUT2D eigenvalue weighted by atomic mass is 9.93. The molecule has 2 aromatic rings. The second-order valence-electron chi connectivity index (χ2n) is 6.44. The summed E-state index contributed by atoms with van der Waals surface area (Å²) in [7, 11) is 0. The topological polar surface area (TPSA) is 27.1 Å². The number of rotatable bonds is 3. The van der Waals surface area contributed by atoms with Gasteiger partial charge in [-0.25, -0.2) is 0 Å². The Morgan fingerprint density at radius 2 is 1.78 bits per heavy atom. The van der Waals surface area contributed by atoms with Crippen molar-refractivity contribution >= 4 is 11.9 Å². The van der Waals surface area contributed by atoms with Crippen LogP contribution in [0.25, 0.3) is 0 Å². The molecule has 3 rings (SSSR count). The lowest BCUT2D eigenvalue weighted by Crippen LogP contribution is -2.22. The summed E-state index contributed by atoms with van der Waals surface area (Å²) >= 11 is 0. The van der Waals surface area contributed by atoms with Gasteiger partial charge in [0.25, 0.3) is 0 Å². The largest absolute Gasteiger partial charge is 0.344 e. The van der Waals surface area contributed by atoms with E-state index in [1.165, 1.54) is 45.3 Å². The summed E-state index contributed by atoms with van der Waals surface area (Å²) in [5.41, 5.74) is 10.4. The summed E-state index contributed by atoms with van der Waals surface area (Å²) < 4.78 is 0. The Balaban J connectivity index is 2.05. The molecule has 2 heteroatoms. The van der Waals surface area contributed by atoms with Gasteiger partial charge in [0.15, 0.2) is 0 Å². The van der Waals surface area contributed by atoms with Gasteiger partial charge in [-0.1, -0.05) is 24.3 Å². The highest BCUT2D eigenvalue weighted by molar-refractivity contribution is 5.83. The highest BCUT2D eigenvalue weighted by atomic mass is 15.1. The van der Waals surface area contributed by atoms with Crippen LogP contribution in [-0.4, -0.2) is 6.21 Å². The number of fused-ring (bicyclic) bond motifs is 1. The molecule has 0 saturated heterocycles. The maximum Gasteiger partial charge on any atom is 0.0481 e. The monoisotopic (exact) mass is 304 g/mol. The number of nitrogens with one attached hydrogen (secondary N) is 1. The number of hydrogen-bond acceptors (Lipinski definition) is 2. The summed E-state index contributed by atoms with van der Waals surface area (Å²) in [5, 5.41) is 7.63. The third kappa shape index (κ3) is 2.70. The molecule has 0 aliphatic carbocycles. The minimum atomic E-state index is 0.880. The van der Waals surface area contributed by atoms with Gasteiger partial charge < -0.3 is 10.3 Å². The van der Waals surface area contributed by atoms with Gasteiger partial charge in [0.05, 0.1) is 0 Å². The minimum absolute atomic E-state index is 0.880. The summed E-state index contributed by atoms with van der Waals surface area (Å²) in [6.45, 7) is 9.71. The van der Waals surface area contributed by atoms with Crippen molar-refractivity contribution in [2.45, 2.75) is 40.7 Å². The molecule has 1 aliphatic rings. The summed E-state index contributed by atoms with van der Waals surface area (Å²) in [5.74, 6) is 0. The van der Waals surface area contributed by atoms with E-state index in [9.17, 15) is 0 Å². The van der Waals surface area contributed by atoms with Crippen LogP contribution in [0, 0.1) is 33.1 Å². The lowest BCUT2D eigenvalue weighted by molar-refractivity contribution is 0.909. The first-order valence-electron chi connectivity index (χ1n) is 8.15. The van der Waals surface area contributed by atoms with Crippen LogP contribution in [0.15, 0.2) is 36.5 Å². The molecule has 0 amide bonds. The fourth-order valence-corrected chi connectivity index (χ4v) is 3.44. The molecule has 1 heterocycles. The summed E-state index contributed by atoms with van der Waals surface area (Å²) in [6, 6.07) is 8.52. The molecular formula is C21H24N2. The van der Waals surface area contributed by atoms with Gasteiger partial charge in [0.1, 0.15) is 0 Å². The Morgan fingerprint density at radius 3 is 2.43 bits per heavy atom. The molecule has 2 aromatic carbocycles. The first kappa shape index (κ1) is 15.5. The number of benzene rings is 2. The van der Waals surface area contributed by atoms with Crippen LogP contribution in [0.1, 0.15) is 38.9 Å². The Hall–Kier alpha value is -2.35. The van der Waals surface area contributed by atoms with Gasteiger partial charge in [-0.3, -0.25) is 0 Å². The van der Waals surface area contributed by atoms with E-state index < -0.39 is 0 Å². The third-order valence-electron chi connectivity index (χ3n) is 5.11. The molecule has 0 fully saturated rings. The summed E-state index contributed by atoms with van der Waals surface area (Å²) in [6.07, 6.45) is 6.75.